The lowest BCUT2D eigenvalue weighted by Crippen LogP contribution is -2.41. The summed E-state index contributed by atoms with van der Waals surface area (Å²) >= 11 is 0. The Hall–Kier alpha value is -0.810. The lowest BCUT2D eigenvalue weighted by Gasteiger charge is -2.36. The smallest absolute Gasteiger partial charge is 0.410 e. The second-order valence-electron chi connectivity index (χ2n) is 8.43. The highest BCUT2D eigenvalue weighted by Gasteiger charge is 2.33. The van der Waals surface area contributed by atoms with Crippen LogP contribution in [0.1, 0.15) is 59.3 Å². The largest absolute Gasteiger partial charge is 0.444 e. The van der Waals surface area contributed by atoms with Gasteiger partial charge in [-0.05, 0) is 52.5 Å². The molecule has 1 atom stereocenters. The Morgan fingerprint density at radius 1 is 1.30 bits per heavy atom. The molecule has 0 aromatic rings. The van der Waals surface area contributed by atoms with E-state index in [9.17, 15) is 9.90 Å². The number of carbonyl (C=O) groups is 1. The van der Waals surface area contributed by atoms with Gasteiger partial charge in [0.25, 0.3) is 0 Å². The van der Waals surface area contributed by atoms with Crippen molar-refractivity contribution in [2.75, 3.05) is 32.8 Å². The molecule has 1 amide bonds. The van der Waals surface area contributed by atoms with Crippen LogP contribution in [0, 0.1) is 11.3 Å². The van der Waals surface area contributed by atoms with Crippen LogP contribution in [-0.2, 0) is 4.74 Å². The molecule has 0 bridgehead atoms. The van der Waals surface area contributed by atoms with Gasteiger partial charge >= 0.3 is 6.09 Å². The third-order valence-corrected chi connectivity index (χ3v) is 5.12. The summed E-state index contributed by atoms with van der Waals surface area (Å²) in [6.07, 6.45) is 6.86. The Morgan fingerprint density at radius 3 is 2.61 bits per heavy atom. The highest BCUT2D eigenvalue weighted by atomic mass is 16.6. The normalized spacial score (nSPS) is 24.7. The highest BCUT2D eigenvalue weighted by Crippen LogP contribution is 2.35. The topological polar surface area (TPSA) is 61.8 Å². The Morgan fingerprint density at radius 2 is 2.00 bits per heavy atom. The number of hydrogen-bond acceptors (Lipinski definition) is 4. The predicted molar refractivity (Wildman–Crippen MR) is 91.4 cm³/mol. The number of carbonyl (C=O) groups excluding carboxylic acids is 1. The molecule has 1 saturated carbocycles. The second kappa shape index (κ2) is 7.84. The fraction of sp³-hybridized carbons (Fsp3) is 0.944. The van der Waals surface area contributed by atoms with Crippen LogP contribution in [0.2, 0.25) is 0 Å². The number of aliphatic hydroxyl groups is 1. The molecule has 5 heteroatoms. The van der Waals surface area contributed by atoms with Crippen molar-refractivity contribution in [2.24, 2.45) is 11.3 Å². The van der Waals surface area contributed by atoms with Crippen molar-refractivity contribution in [1.82, 2.24) is 10.2 Å². The van der Waals surface area contributed by atoms with E-state index in [1.807, 2.05) is 25.7 Å². The molecule has 0 aromatic carbocycles. The molecule has 5 nitrogen and oxygen atoms in total. The number of likely N-dealkylation sites (tertiary alicyclic amines) is 1. The number of amides is 1. The summed E-state index contributed by atoms with van der Waals surface area (Å²) in [5.41, 5.74) is -0.344. The van der Waals surface area contributed by atoms with Crippen LogP contribution in [-0.4, -0.2) is 54.5 Å². The van der Waals surface area contributed by atoms with Crippen molar-refractivity contribution < 1.29 is 14.6 Å². The van der Waals surface area contributed by atoms with Gasteiger partial charge in [0.05, 0.1) is 0 Å². The van der Waals surface area contributed by atoms with E-state index in [1.165, 1.54) is 19.3 Å². The number of ether oxygens (including phenoxy) is 1. The third-order valence-electron chi connectivity index (χ3n) is 5.12. The SMILES string of the molecule is CC(C)(C)OC(=O)N1CCC(CNCC2(CO)CCCCC2)C1. The van der Waals surface area contributed by atoms with Crippen molar-refractivity contribution in [2.45, 2.75) is 64.9 Å². The minimum atomic E-state index is -0.429. The molecule has 2 rings (SSSR count). The molecule has 0 aromatic heterocycles. The first kappa shape index (κ1) is 18.5. The average molecular weight is 326 g/mol. The van der Waals surface area contributed by atoms with E-state index in [4.69, 9.17) is 4.74 Å². The zero-order chi connectivity index (χ0) is 16.9. The molecule has 134 valence electrons. The zero-order valence-corrected chi connectivity index (χ0v) is 15.1. The van der Waals surface area contributed by atoms with Gasteiger partial charge in [0, 0.05) is 31.7 Å². The van der Waals surface area contributed by atoms with Crippen LogP contribution < -0.4 is 5.32 Å². The van der Waals surface area contributed by atoms with Gasteiger partial charge in [0.15, 0.2) is 0 Å². The molecular weight excluding hydrogens is 292 g/mol. The molecule has 1 saturated heterocycles. The summed E-state index contributed by atoms with van der Waals surface area (Å²) in [6, 6.07) is 0. The van der Waals surface area contributed by atoms with Crippen LogP contribution in [0.4, 0.5) is 4.79 Å². The van der Waals surface area contributed by atoms with E-state index in [-0.39, 0.29) is 18.1 Å². The van der Waals surface area contributed by atoms with E-state index in [0.29, 0.717) is 5.92 Å². The zero-order valence-electron chi connectivity index (χ0n) is 15.1. The van der Waals surface area contributed by atoms with Gasteiger partial charge in [0.1, 0.15) is 5.60 Å². The molecular formula is C18H34N2O3. The van der Waals surface area contributed by atoms with Crippen LogP contribution in [0.3, 0.4) is 0 Å². The molecule has 2 aliphatic rings. The lowest BCUT2D eigenvalue weighted by atomic mass is 9.74. The molecule has 0 radical (unpaired) electrons. The summed E-state index contributed by atoms with van der Waals surface area (Å²) in [7, 11) is 0. The third kappa shape index (κ3) is 5.64. The summed E-state index contributed by atoms with van der Waals surface area (Å²) < 4.78 is 5.44. The minimum absolute atomic E-state index is 0.0850. The maximum atomic E-state index is 12.1. The van der Waals surface area contributed by atoms with E-state index < -0.39 is 5.60 Å². The molecule has 0 spiro atoms. The molecule has 2 fully saturated rings. The number of rotatable bonds is 5. The van der Waals surface area contributed by atoms with Crippen molar-refractivity contribution >= 4 is 6.09 Å². The maximum absolute atomic E-state index is 12.1. The van der Waals surface area contributed by atoms with Gasteiger partial charge in [0.2, 0.25) is 0 Å². The van der Waals surface area contributed by atoms with Gasteiger partial charge < -0.3 is 20.1 Å². The van der Waals surface area contributed by atoms with Crippen LogP contribution >= 0.6 is 0 Å². The van der Waals surface area contributed by atoms with Crippen molar-refractivity contribution in [3.05, 3.63) is 0 Å². The van der Waals surface area contributed by atoms with E-state index in [2.05, 4.69) is 5.32 Å². The van der Waals surface area contributed by atoms with E-state index >= 15 is 0 Å². The number of aliphatic hydroxyl groups excluding tert-OH is 1. The monoisotopic (exact) mass is 326 g/mol. The van der Waals surface area contributed by atoms with Crippen LogP contribution in [0.25, 0.3) is 0 Å². The van der Waals surface area contributed by atoms with Crippen molar-refractivity contribution in [3.8, 4) is 0 Å². The summed E-state index contributed by atoms with van der Waals surface area (Å²) in [5, 5.41) is 13.3. The number of nitrogens with zero attached hydrogens (tertiary/aromatic N) is 1. The van der Waals surface area contributed by atoms with Gasteiger partial charge in [-0.25, -0.2) is 4.79 Å². The van der Waals surface area contributed by atoms with Gasteiger partial charge in [-0.3, -0.25) is 0 Å². The average Bonchev–Trinajstić information content (AvgIpc) is 2.95. The Balaban J connectivity index is 1.70. The van der Waals surface area contributed by atoms with E-state index in [1.54, 1.807) is 0 Å². The van der Waals surface area contributed by atoms with Crippen molar-refractivity contribution in [3.63, 3.8) is 0 Å². The summed E-state index contributed by atoms with van der Waals surface area (Å²) in [5.74, 6) is 0.488. The first-order chi connectivity index (χ1) is 10.8. The predicted octanol–water partition coefficient (Wildman–Crippen LogP) is 2.78. The quantitative estimate of drug-likeness (QED) is 0.815. The summed E-state index contributed by atoms with van der Waals surface area (Å²) in [6.45, 7) is 9.36. The molecule has 1 aliphatic carbocycles. The van der Waals surface area contributed by atoms with Gasteiger partial charge in [-0.2, -0.15) is 0 Å². The molecule has 23 heavy (non-hydrogen) atoms. The first-order valence-electron chi connectivity index (χ1n) is 9.13. The lowest BCUT2D eigenvalue weighted by molar-refractivity contribution is 0.0287. The number of hydrogen-bond donors (Lipinski definition) is 2. The fourth-order valence-electron chi connectivity index (χ4n) is 3.73. The first-order valence-corrected chi connectivity index (χ1v) is 9.13. The summed E-state index contributed by atoms with van der Waals surface area (Å²) in [4.78, 5) is 13.9. The molecule has 1 aliphatic heterocycles. The van der Waals surface area contributed by atoms with E-state index in [0.717, 1.165) is 45.4 Å². The van der Waals surface area contributed by atoms with Crippen LogP contribution in [0.5, 0.6) is 0 Å². The Kier molecular flexibility index (Phi) is 6.32. The van der Waals surface area contributed by atoms with Gasteiger partial charge in [-0.15, -0.1) is 0 Å². The molecule has 1 unspecified atom stereocenters. The second-order valence-corrected chi connectivity index (χ2v) is 8.43. The standard InChI is InChI=1S/C18H34N2O3/c1-17(2,3)23-16(22)20-10-7-15(12-20)11-19-13-18(14-21)8-5-4-6-9-18/h15,19,21H,4-14H2,1-3H3. The van der Waals surface area contributed by atoms with Gasteiger partial charge in [-0.1, -0.05) is 19.3 Å². The Bertz CT molecular complexity index is 386. The molecule has 2 N–H and O–H groups in total. The number of nitrogens with one attached hydrogen (secondary N) is 1. The molecule has 1 heterocycles. The Labute approximate surface area is 140 Å². The highest BCUT2D eigenvalue weighted by molar-refractivity contribution is 5.68. The fourth-order valence-corrected chi connectivity index (χ4v) is 3.73. The van der Waals surface area contributed by atoms with Crippen LogP contribution in [0.15, 0.2) is 0 Å². The van der Waals surface area contributed by atoms with Crippen molar-refractivity contribution in [1.29, 1.82) is 0 Å². The maximum Gasteiger partial charge on any atom is 0.410 e. The minimum Gasteiger partial charge on any atom is -0.444 e.